The molecule has 7 heteroatoms. The molecule has 0 unspecified atom stereocenters. The summed E-state index contributed by atoms with van der Waals surface area (Å²) in [7, 11) is -3.70. The van der Waals surface area contributed by atoms with Crippen LogP contribution in [0.3, 0.4) is 0 Å². The van der Waals surface area contributed by atoms with Crippen LogP contribution < -0.4 is 14.8 Å². The Hall–Kier alpha value is -2.54. The average Bonchev–Trinajstić information content (AvgIpc) is 2.71. The predicted octanol–water partition coefficient (Wildman–Crippen LogP) is 4.71. The largest absolute Gasteiger partial charge is 0.484 e. The van der Waals surface area contributed by atoms with E-state index in [0.717, 1.165) is 36.8 Å². The summed E-state index contributed by atoms with van der Waals surface area (Å²) < 4.78 is 33.4. The summed E-state index contributed by atoms with van der Waals surface area (Å²) in [6, 6.07) is 11.7. The molecule has 1 amide bonds. The summed E-state index contributed by atoms with van der Waals surface area (Å²) in [6.45, 7) is 3.83. The molecule has 2 aromatic rings. The second kappa shape index (κ2) is 10.7. The van der Waals surface area contributed by atoms with E-state index in [9.17, 15) is 13.2 Å². The Bertz CT molecular complexity index is 979. The van der Waals surface area contributed by atoms with Crippen LogP contribution in [0.5, 0.6) is 5.75 Å². The second-order valence-corrected chi connectivity index (χ2v) is 9.96. The van der Waals surface area contributed by atoms with Crippen LogP contribution in [-0.4, -0.2) is 27.0 Å². The lowest BCUT2D eigenvalue weighted by atomic mass is 9.97. The van der Waals surface area contributed by atoms with Crippen molar-refractivity contribution in [2.45, 2.75) is 69.7 Å². The molecule has 0 saturated heterocycles. The normalized spacial score (nSPS) is 15.5. The number of sulfonamides is 1. The number of hydrogen-bond acceptors (Lipinski definition) is 4. The van der Waals surface area contributed by atoms with E-state index in [0.29, 0.717) is 11.4 Å². The zero-order valence-corrected chi connectivity index (χ0v) is 19.1. The molecule has 0 aromatic heterocycles. The first-order chi connectivity index (χ1) is 14.8. The minimum atomic E-state index is -3.70. The lowest BCUT2D eigenvalue weighted by molar-refractivity contribution is -0.123. The van der Waals surface area contributed by atoms with Crippen LogP contribution in [0.4, 0.5) is 5.69 Å². The minimum absolute atomic E-state index is 0.0799. The Labute approximate surface area is 185 Å². The molecule has 3 rings (SSSR count). The van der Waals surface area contributed by atoms with Crippen LogP contribution in [0.2, 0.25) is 0 Å². The molecule has 0 aliphatic heterocycles. The molecule has 168 valence electrons. The Morgan fingerprint density at radius 2 is 1.58 bits per heavy atom. The van der Waals surface area contributed by atoms with Gasteiger partial charge in [0.2, 0.25) is 0 Å². The van der Waals surface area contributed by atoms with Gasteiger partial charge in [-0.3, -0.25) is 9.52 Å². The molecule has 0 radical (unpaired) electrons. The van der Waals surface area contributed by atoms with E-state index in [-0.39, 0.29) is 23.5 Å². The van der Waals surface area contributed by atoms with E-state index in [1.807, 2.05) is 19.9 Å². The third-order valence-electron chi connectivity index (χ3n) is 5.73. The number of rotatable bonds is 7. The topological polar surface area (TPSA) is 84.5 Å². The van der Waals surface area contributed by atoms with Gasteiger partial charge in [-0.05, 0) is 74.2 Å². The molecule has 0 bridgehead atoms. The van der Waals surface area contributed by atoms with Gasteiger partial charge in [0.05, 0.1) is 4.90 Å². The van der Waals surface area contributed by atoms with Crippen molar-refractivity contribution in [3.8, 4) is 5.75 Å². The van der Waals surface area contributed by atoms with E-state index in [2.05, 4.69) is 10.0 Å². The lowest BCUT2D eigenvalue weighted by Gasteiger charge is -2.21. The van der Waals surface area contributed by atoms with Crippen molar-refractivity contribution < 1.29 is 17.9 Å². The molecule has 1 aliphatic rings. The van der Waals surface area contributed by atoms with Gasteiger partial charge in [-0.15, -0.1) is 0 Å². The molecule has 2 aromatic carbocycles. The summed E-state index contributed by atoms with van der Waals surface area (Å²) in [4.78, 5) is 12.4. The molecule has 0 atom stereocenters. The van der Waals surface area contributed by atoms with Crippen LogP contribution in [0.1, 0.15) is 56.1 Å². The zero-order chi connectivity index (χ0) is 22.3. The summed E-state index contributed by atoms with van der Waals surface area (Å²) in [6.07, 6.45) is 8.09. The molecule has 0 heterocycles. The number of anilines is 1. The van der Waals surface area contributed by atoms with Crippen molar-refractivity contribution in [3.05, 3.63) is 53.6 Å². The highest BCUT2D eigenvalue weighted by molar-refractivity contribution is 7.92. The maximum atomic E-state index is 12.6. The second-order valence-electron chi connectivity index (χ2n) is 8.27. The fourth-order valence-electron chi connectivity index (χ4n) is 3.75. The number of ether oxygens (including phenoxy) is 1. The van der Waals surface area contributed by atoms with E-state index >= 15 is 0 Å². The number of carbonyl (C=O) groups is 1. The average molecular weight is 445 g/mol. The fourth-order valence-corrected chi connectivity index (χ4v) is 4.80. The van der Waals surface area contributed by atoms with Gasteiger partial charge in [-0.1, -0.05) is 38.2 Å². The van der Waals surface area contributed by atoms with Crippen molar-refractivity contribution in [2.75, 3.05) is 11.3 Å². The van der Waals surface area contributed by atoms with Crippen molar-refractivity contribution in [1.29, 1.82) is 0 Å². The van der Waals surface area contributed by atoms with E-state index in [1.54, 1.807) is 24.3 Å². The first-order valence-electron chi connectivity index (χ1n) is 11.0. The summed E-state index contributed by atoms with van der Waals surface area (Å²) >= 11 is 0. The van der Waals surface area contributed by atoms with Crippen LogP contribution in [0.25, 0.3) is 0 Å². The maximum absolute atomic E-state index is 12.6. The number of nitrogens with one attached hydrogen (secondary N) is 2. The summed E-state index contributed by atoms with van der Waals surface area (Å²) in [5.74, 6) is 0.316. The fraction of sp³-hybridized carbons (Fsp3) is 0.458. The third kappa shape index (κ3) is 6.99. The smallest absolute Gasteiger partial charge is 0.261 e. The van der Waals surface area contributed by atoms with Gasteiger partial charge in [0.1, 0.15) is 5.75 Å². The van der Waals surface area contributed by atoms with Gasteiger partial charge in [0.15, 0.2) is 6.61 Å². The SMILES string of the molecule is Cc1ccc(NS(=O)(=O)c2ccc(OCC(=O)NC3CCCCCCC3)cc2)cc1C. The van der Waals surface area contributed by atoms with E-state index in [4.69, 9.17) is 4.74 Å². The molecule has 6 nitrogen and oxygen atoms in total. The molecule has 2 N–H and O–H groups in total. The number of benzene rings is 2. The first-order valence-corrected chi connectivity index (χ1v) is 12.4. The molecule has 1 saturated carbocycles. The van der Waals surface area contributed by atoms with Gasteiger partial charge >= 0.3 is 0 Å². The van der Waals surface area contributed by atoms with Gasteiger partial charge in [-0.2, -0.15) is 0 Å². The number of hydrogen-bond donors (Lipinski definition) is 2. The first kappa shape index (κ1) is 23.1. The van der Waals surface area contributed by atoms with Crippen molar-refractivity contribution in [2.24, 2.45) is 0 Å². The Balaban J connectivity index is 1.53. The zero-order valence-electron chi connectivity index (χ0n) is 18.3. The third-order valence-corrected chi connectivity index (χ3v) is 7.13. The maximum Gasteiger partial charge on any atom is 0.261 e. The summed E-state index contributed by atoms with van der Waals surface area (Å²) in [5, 5.41) is 3.06. The molecular weight excluding hydrogens is 412 g/mol. The van der Waals surface area contributed by atoms with Crippen molar-refractivity contribution in [1.82, 2.24) is 5.32 Å². The Morgan fingerprint density at radius 3 is 2.23 bits per heavy atom. The van der Waals surface area contributed by atoms with Crippen LogP contribution >= 0.6 is 0 Å². The van der Waals surface area contributed by atoms with Crippen LogP contribution in [0.15, 0.2) is 47.4 Å². The van der Waals surface area contributed by atoms with Gasteiger partial charge in [0.25, 0.3) is 15.9 Å². The standard InChI is InChI=1S/C24H32N2O4S/c1-18-10-11-21(16-19(18)2)26-31(28,29)23-14-12-22(13-15-23)30-17-24(27)25-20-8-6-4-3-5-7-9-20/h10-16,20,26H,3-9,17H2,1-2H3,(H,25,27). The van der Waals surface area contributed by atoms with Gasteiger partial charge in [0, 0.05) is 11.7 Å². The Kier molecular flexibility index (Phi) is 7.96. The molecular formula is C24H32N2O4S. The van der Waals surface area contributed by atoms with Crippen molar-refractivity contribution in [3.63, 3.8) is 0 Å². The van der Waals surface area contributed by atoms with Gasteiger partial charge in [-0.25, -0.2) is 8.42 Å². The highest BCUT2D eigenvalue weighted by Gasteiger charge is 2.16. The predicted molar refractivity (Wildman–Crippen MR) is 123 cm³/mol. The minimum Gasteiger partial charge on any atom is -0.484 e. The molecule has 1 aliphatic carbocycles. The monoisotopic (exact) mass is 444 g/mol. The molecule has 1 fully saturated rings. The number of amides is 1. The van der Waals surface area contributed by atoms with Gasteiger partial charge < -0.3 is 10.1 Å². The molecule has 31 heavy (non-hydrogen) atoms. The van der Waals surface area contributed by atoms with Crippen LogP contribution in [-0.2, 0) is 14.8 Å². The quantitative estimate of drug-likeness (QED) is 0.648. The highest BCUT2D eigenvalue weighted by atomic mass is 32.2. The lowest BCUT2D eigenvalue weighted by Crippen LogP contribution is -2.38. The molecule has 0 spiro atoms. The van der Waals surface area contributed by atoms with Crippen molar-refractivity contribution >= 4 is 21.6 Å². The highest BCUT2D eigenvalue weighted by Crippen LogP contribution is 2.21. The number of carbonyl (C=O) groups excluding carboxylic acids is 1. The van der Waals surface area contributed by atoms with Crippen LogP contribution in [0, 0.1) is 13.8 Å². The number of aryl methyl sites for hydroxylation is 2. The Morgan fingerprint density at radius 1 is 0.935 bits per heavy atom. The van der Waals surface area contributed by atoms with E-state index in [1.165, 1.54) is 31.4 Å². The van der Waals surface area contributed by atoms with E-state index < -0.39 is 10.0 Å². The summed E-state index contributed by atoms with van der Waals surface area (Å²) in [5.41, 5.74) is 2.64.